The Bertz CT molecular complexity index is 3070. The van der Waals surface area contributed by atoms with Gasteiger partial charge in [0.1, 0.15) is 11.2 Å². The van der Waals surface area contributed by atoms with E-state index < -0.39 is 28.7 Å². The van der Waals surface area contributed by atoms with Crippen LogP contribution in [-0.2, 0) is 0 Å². The molecule has 0 aliphatic carbocycles. The van der Waals surface area contributed by atoms with Crippen LogP contribution < -0.4 is 0 Å². The lowest BCUT2D eigenvalue weighted by Crippen LogP contribution is -2.00. The van der Waals surface area contributed by atoms with Gasteiger partial charge in [0.05, 0.1) is 16.6 Å². The summed E-state index contributed by atoms with van der Waals surface area (Å²) in [5.74, 6) is -2.73. The van der Waals surface area contributed by atoms with Crippen LogP contribution in [0.15, 0.2) is 144 Å². The Morgan fingerprint density at radius 2 is 1.02 bits per heavy atom. The first-order valence-corrected chi connectivity index (χ1v) is 17.4. The fraction of sp³-hybridized carbons (Fsp3) is 0. The zero-order chi connectivity index (χ0) is 37.4. The van der Waals surface area contributed by atoms with Gasteiger partial charge in [-0.1, -0.05) is 97.1 Å². The SMILES string of the molecule is Oc1c(O)c(O)c(-c2ccc3c(c2)c2ccccc2n3-c2ccc3c(c2)oc2cccc(-c4nc(-c5ccccc5)nc(-c5ccccc5)n4)c23)c(O)c1O. The van der Waals surface area contributed by atoms with Crippen molar-refractivity contribution in [3.8, 4) is 79.7 Å². The second kappa shape index (κ2) is 12.1. The van der Waals surface area contributed by atoms with Crippen LogP contribution in [-0.4, -0.2) is 45.1 Å². The molecule has 0 spiro atoms. The molecule has 10 nitrogen and oxygen atoms in total. The van der Waals surface area contributed by atoms with Gasteiger partial charge in [0, 0.05) is 50.0 Å². The summed E-state index contributed by atoms with van der Waals surface area (Å²) >= 11 is 0. The van der Waals surface area contributed by atoms with Crippen molar-refractivity contribution < 1.29 is 29.9 Å². The van der Waals surface area contributed by atoms with Gasteiger partial charge in [-0.2, -0.15) is 0 Å². The molecule has 5 N–H and O–H groups in total. The maximum atomic E-state index is 10.7. The van der Waals surface area contributed by atoms with Crippen molar-refractivity contribution in [1.29, 1.82) is 0 Å². The fourth-order valence-corrected chi connectivity index (χ4v) is 7.43. The predicted molar refractivity (Wildman–Crippen MR) is 212 cm³/mol. The maximum Gasteiger partial charge on any atom is 0.208 e. The smallest absolute Gasteiger partial charge is 0.208 e. The topological polar surface area (TPSA) is 158 Å². The van der Waals surface area contributed by atoms with Gasteiger partial charge < -0.3 is 34.5 Å². The number of aromatic hydroxyl groups is 5. The molecular formula is C45H28N4O6. The number of phenols is 5. The minimum atomic E-state index is -1.01. The number of nitrogens with zero attached hydrogens (tertiary/aromatic N) is 4. The van der Waals surface area contributed by atoms with Crippen molar-refractivity contribution in [3.63, 3.8) is 0 Å². The van der Waals surface area contributed by atoms with Crippen LogP contribution in [0.2, 0.25) is 0 Å². The summed E-state index contributed by atoms with van der Waals surface area (Å²) in [4.78, 5) is 14.8. The average Bonchev–Trinajstić information content (AvgIpc) is 3.78. The molecule has 0 fully saturated rings. The molecule has 0 unspecified atom stereocenters. The molecule has 0 atom stereocenters. The van der Waals surface area contributed by atoms with Crippen molar-refractivity contribution in [2.45, 2.75) is 0 Å². The molecule has 0 aliphatic rings. The van der Waals surface area contributed by atoms with Gasteiger partial charge in [0.25, 0.3) is 0 Å². The van der Waals surface area contributed by atoms with Crippen LogP contribution in [0, 0.1) is 0 Å². The molecule has 0 bridgehead atoms. The number of rotatable bonds is 5. The predicted octanol–water partition coefficient (Wildman–Crippen LogP) is 10.1. The maximum absolute atomic E-state index is 10.7. The van der Waals surface area contributed by atoms with Crippen LogP contribution in [0.3, 0.4) is 0 Å². The van der Waals surface area contributed by atoms with E-state index in [1.54, 1.807) is 12.1 Å². The minimum Gasteiger partial charge on any atom is -0.504 e. The van der Waals surface area contributed by atoms with Crippen molar-refractivity contribution in [1.82, 2.24) is 19.5 Å². The van der Waals surface area contributed by atoms with Crippen LogP contribution >= 0.6 is 0 Å². The Balaban J connectivity index is 1.15. The molecule has 3 heterocycles. The van der Waals surface area contributed by atoms with Gasteiger partial charge in [-0.25, -0.2) is 15.0 Å². The Kier molecular flexibility index (Phi) is 7.01. The number of fused-ring (bicyclic) bond motifs is 6. The van der Waals surface area contributed by atoms with E-state index in [0.717, 1.165) is 55.0 Å². The molecule has 0 saturated heterocycles. The monoisotopic (exact) mass is 720 g/mol. The minimum absolute atomic E-state index is 0.212. The largest absolute Gasteiger partial charge is 0.504 e. The summed E-state index contributed by atoms with van der Waals surface area (Å²) in [7, 11) is 0. The number of phenolic OH excluding ortho intramolecular Hbond substituents is 5. The second-order valence-electron chi connectivity index (χ2n) is 13.2. The summed E-state index contributed by atoms with van der Waals surface area (Å²) in [5, 5.41) is 55.2. The van der Waals surface area contributed by atoms with Crippen molar-refractivity contribution in [3.05, 3.63) is 140 Å². The second-order valence-corrected chi connectivity index (χ2v) is 13.2. The van der Waals surface area contributed by atoms with Crippen molar-refractivity contribution in [2.24, 2.45) is 0 Å². The van der Waals surface area contributed by atoms with Crippen LogP contribution in [0.5, 0.6) is 28.7 Å². The zero-order valence-corrected chi connectivity index (χ0v) is 28.7. The van der Waals surface area contributed by atoms with Gasteiger partial charge in [-0.3, -0.25) is 0 Å². The molecule has 3 aromatic heterocycles. The van der Waals surface area contributed by atoms with Crippen LogP contribution in [0.4, 0.5) is 0 Å². The molecule has 0 amide bonds. The summed E-state index contributed by atoms with van der Waals surface area (Å²) in [6, 6.07) is 44.7. The molecule has 264 valence electrons. The van der Waals surface area contributed by atoms with Gasteiger partial charge in [0.2, 0.25) is 17.2 Å². The highest BCUT2D eigenvalue weighted by Gasteiger charge is 2.25. The highest BCUT2D eigenvalue weighted by Crippen LogP contribution is 2.55. The number of benzene rings is 7. The molecular weight excluding hydrogens is 693 g/mol. The number of furan rings is 1. The third-order valence-electron chi connectivity index (χ3n) is 10.0. The van der Waals surface area contributed by atoms with Gasteiger partial charge in [0.15, 0.2) is 29.0 Å². The summed E-state index contributed by atoms with van der Waals surface area (Å²) in [6.45, 7) is 0. The van der Waals surface area contributed by atoms with E-state index in [1.165, 1.54) is 0 Å². The normalized spacial score (nSPS) is 11.6. The Labute approximate surface area is 311 Å². The Morgan fingerprint density at radius 3 is 1.71 bits per heavy atom. The lowest BCUT2D eigenvalue weighted by molar-refractivity contribution is 0.330. The van der Waals surface area contributed by atoms with Gasteiger partial charge in [-0.15, -0.1) is 0 Å². The summed E-state index contributed by atoms with van der Waals surface area (Å²) < 4.78 is 8.63. The number of aromatic nitrogens is 4. The van der Waals surface area contributed by atoms with E-state index in [2.05, 4.69) is 4.57 Å². The van der Waals surface area contributed by atoms with E-state index in [9.17, 15) is 25.5 Å². The Morgan fingerprint density at radius 1 is 0.418 bits per heavy atom. The van der Waals surface area contributed by atoms with Gasteiger partial charge in [-0.05, 0) is 42.0 Å². The number of hydrogen-bond donors (Lipinski definition) is 5. The lowest BCUT2D eigenvalue weighted by atomic mass is 9.99. The molecule has 10 heteroatoms. The molecule has 10 aromatic rings. The molecule has 7 aromatic carbocycles. The third-order valence-corrected chi connectivity index (χ3v) is 10.0. The van der Waals surface area contributed by atoms with Crippen LogP contribution in [0.25, 0.3) is 94.7 Å². The average molecular weight is 721 g/mol. The Hall–Kier alpha value is -7.85. The summed E-state index contributed by atoms with van der Waals surface area (Å²) in [5.41, 5.74) is 6.55. The third kappa shape index (κ3) is 4.92. The highest BCUT2D eigenvalue weighted by molar-refractivity contribution is 6.14. The fourth-order valence-electron chi connectivity index (χ4n) is 7.43. The molecule has 0 radical (unpaired) electrons. The molecule has 0 aliphatic heterocycles. The summed E-state index contributed by atoms with van der Waals surface area (Å²) in [6.07, 6.45) is 0. The molecule has 55 heavy (non-hydrogen) atoms. The number of hydrogen-bond acceptors (Lipinski definition) is 9. The standard InChI is InChI=1S/C45H28N4O6/c50-38-36(39(51)41(53)42(54)40(38)52)26-18-21-33-31(22-26)28-14-7-8-16-32(28)49(33)27-19-20-29-35(23-27)55-34-17-9-15-30(37(29)34)45-47-43(24-10-3-1-4-11-24)46-44(48-45)25-12-5-2-6-13-25/h1-23,50-54H. The highest BCUT2D eigenvalue weighted by atomic mass is 16.4. The first-order valence-electron chi connectivity index (χ1n) is 17.4. The molecule has 10 rings (SSSR count). The molecule has 0 saturated carbocycles. The van der Waals surface area contributed by atoms with Gasteiger partial charge >= 0.3 is 0 Å². The lowest BCUT2D eigenvalue weighted by Gasteiger charge is -2.13. The van der Waals surface area contributed by atoms with E-state index in [1.807, 2.05) is 127 Å². The van der Waals surface area contributed by atoms with Crippen molar-refractivity contribution in [2.75, 3.05) is 0 Å². The van der Waals surface area contributed by atoms with Crippen LogP contribution in [0.1, 0.15) is 0 Å². The number of para-hydroxylation sites is 1. The van der Waals surface area contributed by atoms with E-state index >= 15 is 0 Å². The van der Waals surface area contributed by atoms with E-state index in [-0.39, 0.29) is 5.56 Å². The quantitative estimate of drug-likeness (QED) is 0.0862. The van der Waals surface area contributed by atoms with E-state index in [0.29, 0.717) is 34.2 Å². The first kappa shape index (κ1) is 31.9. The zero-order valence-electron chi connectivity index (χ0n) is 28.7. The van der Waals surface area contributed by atoms with Crippen molar-refractivity contribution >= 4 is 43.7 Å². The van der Waals surface area contributed by atoms with E-state index in [4.69, 9.17) is 19.4 Å². The first-order chi connectivity index (χ1) is 26.9.